The molecule has 2 radical (unpaired) electrons. The van der Waals surface area contributed by atoms with Gasteiger partial charge in [0.1, 0.15) is 0 Å². The van der Waals surface area contributed by atoms with Crippen molar-refractivity contribution in [3.05, 3.63) is 0 Å². The molecule has 2 nitrogen and oxygen atoms in total. The zero-order chi connectivity index (χ0) is 17.7. The molecule has 0 saturated carbocycles. The maximum absolute atomic E-state index is 10.4. The summed E-state index contributed by atoms with van der Waals surface area (Å²) in [5.41, 5.74) is 0. The van der Waals surface area contributed by atoms with Gasteiger partial charge in [-0.15, -0.1) is 0 Å². The Morgan fingerprint density at radius 3 is 1.00 bits per heavy atom. The van der Waals surface area contributed by atoms with Gasteiger partial charge in [-0.25, -0.2) is 0 Å². The van der Waals surface area contributed by atoms with Crippen molar-refractivity contribution in [2.24, 2.45) is 0 Å². The second-order valence-electron chi connectivity index (χ2n) is 7.51. The van der Waals surface area contributed by atoms with E-state index in [1.54, 1.807) is 0 Å². The molecular formula is C22H44CaO2. The monoisotopic (exact) mass is 380 g/mol. The Bertz CT molecular complexity index is 256. The molecule has 0 bridgehead atoms. The number of hydrogen-bond donors (Lipinski definition) is 1. The van der Waals surface area contributed by atoms with Crippen molar-refractivity contribution >= 4 is 43.7 Å². The first kappa shape index (κ1) is 27.9. The molecule has 1 N–H and O–H groups in total. The molecule has 3 heteroatoms. The van der Waals surface area contributed by atoms with E-state index < -0.39 is 5.97 Å². The number of carboxylic acids is 1. The summed E-state index contributed by atoms with van der Waals surface area (Å²) in [5, 5.41) is 8.56. The summed E-state index contributed by atoms with van der Waals surface area (Å²) < 4.78 is 0. The van der Waals surface area contributed by atoms with Crippen molar-refractivity contribution in [2.75, 3.05) is 0 Å². The first-order valence-electron chi connectivity index (χ1n) is 11.0. The van der Waals surface area contributed by atoms with Crippen LogP contribution < -0.4 is 0 Å². The van der Waals surface area contributed by atoms with E-state index in [1.165, 1.54) is 109 Å². The second-order valence-corrected chi connectivity index (χ2v) is 7.51. The van der Waals surface area contributed by atoms with Gasteiger partial charge in [-0.05, 0) is 6.42 Å². The summed E-state index contributed by atoms with van der Waals surface area (Å²) in [6.45, 7) is 2.28. The van der Waals surface area contributed by atoms with Crippen LogP contribution in [-0.4, -0.2) is 48.8 Å². The molecule has 0 rings (SSSR count). The fraction of sp³-hybridized carbons (Fsp3) is 0.955. The van der Waals surface area contributed by atoms with Crippen molar-refractivity contribution in [1.29, 1.82) is 0 Å². The van der Waals surface area contributed by atoms with Gasteiger partial charge >= 0.3 is 5.97 Å². The zero-order valence-corrected chi connectivity index (χ0v) is 19.4. The molecule has 146 valence electrons. The normalized spacial score (nSPS) is 10.6. The van der Waals surface area contributed by atoms with E-state index in [9.17, 15) is 4.79 Å². The standard InChI is InChI=1S/C22H44O2.Ca/c1-2-3-4-5-6-7-8-9-10-11-12-13-14-15-16-17-18-19-20-21-22(23)24;/h2-21H2,1H3,(H,23,24);. The molecule has 0 unspecified atom stereocenters. The van der Waals surface area contributed by atoms with Crippen LogP contribution in [0.15, 0.2) is 0 Å². The summed E-state index contributed by atoms with van der Waals surface area (Å²) in [7, 11) is 0. The van der Waals surface area contributed by atoms with Crippen molar-refractivity contribution in [2.45, 2.75) is 135 Å². The maximum Gasteiger partial charge on any atom is 0.303 e. The first-order chi connectivity index (χ1) is 11.8. The average molecular weight is 381 g/mol. The molecule has 0 aromatic heterocycles. The Morgan fingerprint density at radius 2 is 0.760 bits per heavy atom. The molecule has 0 aliphatic carbocycles. The van der Waals surface area contributed by atoms with Gasteiger partial charge in [0.05, 0.1) is 0 Å². The summed E-state index contributed by atoms with van der Waals surface area (Å²) in [5.74, 6) is -0.651. The maximum atomic E-state index is 10.4. The van der Waals surface area contributed by atoms with Gasteiger partial charge in [-0.2, -0.15) is 0 Å². The number of carbonyl (C=O) groups is 1. The van der Waals surface area contributed by atoms with Crippen molar-refractivity contribution in [3.63, 3.8) is 0 Å². The van der Waals surface area contributed by atoms with E-state index in [1.807, 2.05) is 0 Å². The van der Waals surface area contributed by atoms with E-state index in [4.69, 9.17) is 5.11 Å². The van der Waals surface area contributed by atoms with E-state index >= 15 is 0 Å². The van der Waals surface area contributed by atoms with Gasteiger partial charge in [-0.3, -0.25) is 4.79 Å². The van der Waals surface area contributed by atoms with E-state index in [-0.39, 0.29) is 37.7 Å². The van der Waals surface area contributed by atoms with Crippen molar-refractivity contribution in [3.8, 4) is 0 Å². The molecular weight excluding hydrogens is 336 g/mol. The Kier molecular flexibility index (Phi) is 27.6. The Morgan fingerprint density at radius 1 is 0.520 bits per heavy atom. The Labute approximate surface area is 187 Å². The number of rotatable bonds is 20. The third kappa shape index (κ3) is 27.1. The first-order valence-corrected chi connectivity index (χ1v) is 11.0. The van der Waals surface area contributed by atoms with Gasteiger partial charge in [0.2, 0.25) is 0 Å². The largest absolute Gasteiger partial charge is 0.481 e. The molecule has 0 aliphatic rings. The minimum absolute atomic E-state index is 0. The van der Waals surface area contributed by atoms with E-state index in [0.717, 1.165) is 12.8 Å². The van der Waals surface area contributed by atoms with Crippen LogP contribution in [0.1, 0.15) is 135 Å². The van der Waals surface area contributed by atoms with Gasteiger partial charge in [0.15, 0.2) is 0 Å². The fourth-order valence-corrected chi connectivity index (χ4v) is 3.35. The second kappa shape index (κ2) is 24.7. The predicted molar refractivity (Wildman–Crippen MR) is 111 cm³/mol. The predicted octanol–water partition coefficient (Wildman–Crippen LogP) is 7.51. The molecule has 0 aromatic rings. The third-order valence-electron chi connectivity index (χ3n) is 4.99. The molecule has 0 aromatic carbocycles. The van der Waals surface area contributed by atoms with Gasteiger partial charge < -0.3 is 5.11 Å². The summed E-state index contributed by atoms with van der Waals surface area (Å²) >= 11 is 0. The van der Waals surface area contributed by atoms with Crippen LogP contribution in [0.5, 0.6) is 0 Å². The molecule has 0 heterocycles. The van der Waals surface area contributed by atoms with Crippen LogP contribution in [-0.2, 0) is 4.79 Å². The Hall–Kier alpha value is 0.730. The van der Waals surface area contributed by atoms with Crippen LogP contribution in [0.4, 0.5) is 0 Å². The number of unbranched alkanes of at least 4 members (excludes halogenated alkanes) is 18. The van der Waals surface area contributed by atoms with E-state index in [0.29, 0.717) is 6.42 Å². The fourth-order valence-electron chi connectivity index (χ4n) is 3.35. The topological polar surface area (TPSA) is 37.3 Å². The molecule has 0 amide bonds. The van der Waals surface area contributed by atoms with E-state index in [2.05, 4.69) is 6.92 Å². The summed E-state index contributed by atoms with van der Waals surface area (Å²) in [4.78, 5) is 10.4. The van der Waals surface area contributed by atoms with Gasteiger partial charge in [0.25, 0.3) is 0 Å². The Balaban J connectivity index is 0. The zero-order valence-electron chi connectivity index (χ0n) is 17.2. The number of aliphatic carboxylic acids is 1. The number of hydrogen-bond acceptors (Lipinski definition) is 1. The summed E-state index contributed by atoms with van der Waals surface area (Å²) in [6, 6.07) is 0. The molecule has 0 fully saturated rings. The van der Waals surface area contributed by atoms with Crippen LogP contribution >= 0.6 is 0 Å². The minimum atomic E-state index is -0.651. The number of carboxylic acid groups (broad SMARTS) is 1. The van der Waals surface area contributed by atoms with Crippen LogP contribution in [0.25, 0.3) is 0 Å². The van der Waals surface area contributed by atoms with Gasteiger partial charge in [-0.1, -0.05) is 122 Å². The van der Waals surface area contributed by atoms with Crippen molar-refractivity contribution in [1.82, 2.24) is 0 Å². The smallest absolute Gasteiger partial charge is 0.303 e. The average Bonchev–Trinajstić information content (AvgIpc) is 2.56. The molecule has 25 heavy (non-hydrogen) atoms. The molecule has 0 saturated heterocycles. The minimum Gasteiger partial charge on any atom is -0.481 e. The van der Waals surface area contributed by atoms with Crippen LogP contribution in [0.3, 0.4) is 0 Å². The van der Waals surface area contributed by atoms with Gasteiger partial charge in [0, 0.05) is 44.2 Å². The quantitative estimate of drug-likeness (QED) is 0.175. The third-order valence-corrected chi connectivity index (χ3v) is 4.99. The molecule has 0 spiro atoms. The van der Waals surface area contributed by atoms with Crippen LogP contribution in [0.2, 0.25) is 0 Å². The summed E-state index contributed by atoms with van der Waals surface area (Å²) in [6.07, 6.45) is 26.1. The van der Waals surface area contributed by atoms with Crippen LogP contribution in [0, 0.1) is 0 Å². The molecule has 0 aliphatic heterocycles. The SMILES string of the molecule is CCCCCCCCCCCCCCCCCCCCCC(=O)O.[Ca]. The van der Waals surface area contributed by atoms with Crippen molar-refractivity contribution < 1.29 is 9.90 Å². The molecule has 0 atom stereocenters.